The van der Waals surface area contributed by atoms with E-state index in [-0.39, 0.29) is 18.4 Å². The van der Waals surface area contributed by atoms with Crippen molar-refractivity contribution in [3.8, 4) is 0 Å². The molecule has 6 nitrogen and oxygen atoms in total. The van der Waals surface area contributed by atoms with Gasteiger partial charge in [-0.25, -0.2) is 4.79 Å². The maximum atomic E-state index is 12.6. The van der Waals surface area contributed by atoms with Crippen LogP contribution < -0.4 is 5.73 Å². The highest BCUT2D eigenvalue weighted by molar-refractivity contribution is 7.79. The monoisotopic (exact) mass is 362 g/mol. The van der Waals surface area contributed by atoms with E-state index in [1.165, 1.54) is 5.37 Å². The first kappa shape index (κ1) is 19.1. The maximum Gasteiger partial charge on any atom is 0.338 e. The molecule has 1 fully saturated rings. The Morgan fingerprint density at radius 2 is 1.72 bits per heavy atom. The van der Waals surface area contributed by atoms with Crippen molar-refractivity contribution in [3.05, 3.63) is 35.4 Å². The van der Waals surface area contributed by atoms with Crippen molar-refractivity contribution in [2.24, 2.45) is 17.6 Å². The average Bonchev–Trinajstić information content (AvgIpc) is 2.97. The number of rotatable bonds is 4. The highest BCUT2D eigenvalue weighted by Crippen LogP contribution is 2.24. The van der Waals surface area contributed by atoms with Crippen molar-refractivity contribution in [1.29, 1.82) is 0 Å². The molecular weight excluding hydrogens is 340 g/mol. The van der Waals surface area contributed by atoms with Crippen molar-refractivity contribution in [2.75, 3.05) is 13.1 Å². The summed E-state index contributed by atoms with van der Waals surface area (Å²) in [4.78, 5) is 37.6. The molecule has 1 aromatic carbocycles. The molecule has 0 bridgehead atoms. The van der Waals surface area contributed by atoms with Crippen LogP contribution in [-0.2, 0) is 9.53 Å². The zero-order valence-electron chi connectivity index (χ0n) is 14.5. The largest absolute Gasteiger partial charge is 0.456 e. The van der Waals surface area contributed by atoms with E-state index in [2.05, 4.69) is 0 Å². The van der Waals surface area contributed by atoms with Crippen LogP contribution in [0.5, 0.6) is 0 Å². The Bertz CT molecular complexity index is 694. The van der Waals surface area contributed by atoms with E-state index >= 15 is 0 Å². The third kappa shape index (κ3) is 4.63. The molecule has 2 N–H and O–H groups in total. The zero-order valence-corrected chi connectivity index (χ0v) is 15.3. The van der Waals surface area contributed by atoms with E-state index < -0.39 is 23.4 Å². The predicted molar refractivity (Wildman–Crippen MR) is 97.3 cm³/mol. The minimum Gasteiger partial charge on any atom is -0.456 e. The summed E-state index contributed by atoms with van der Waals surface area (Å²) in [5.41, 5.74) is 5.60. The topological polar surface area (TPSA) is 89.7 Å². The third-order valence-electron chi connectivity index (χ3n) is 3.96. The molecule has 1 heterocycles. The van der Waals surface area contributed by atoms with Gasteiger partial charge in [-0.3, -0.25) is 9.59 Å². The summed E-state index contributed by atoms with van der Waals surface area (Å²) in [6, 6.07) is 6.26. The lowest BCUT2D eigenvalue weighted by atomic mass is 9.98. The highest BCUT2D eigenvalue weighted by atomic mass is 32.1. The van der Waals surface area contributed by atoms with Gasteiger partial charge in [0, 0.05) is 24.6 Å². The molecule has 1 aliphatic rings. The van der Waals surface area contributed by atoms with Crippen molar-refractivity contribution in [2.45, 2.75) is 26.4 Å². The summed E-state index contributed by atoms with van der Waals surface area (Å²) >= 11 is 4.93. The fourth-order valence-corrected chi connectivity index (χ4v) is 2.98. The summed E-state index contributed by atoms with van der Waals surface area (Å²) in [7, 11) is 0. The smallest absolute Gasteiger partial charge is 0.338 e. The van der Waals surface area contributed by atoms with Gasteiger partial charge in [0.15, 0.2) is 0 Å². The fraction of sp³-hybridized carbons (Fsp3) is 0.444. The van der Waals surface area contributed by atoms with Crippen LogP contribution in [0, 0.1) is 11.8 Å². The van der Waals surface area contributed by atoms with Gasteiger partial charge in [-0.05, 0) is 50.4 Å². The first-order chi connectivity index (χ1) is 11.6. The Morgan fingerprint density at radius 3 is 2.16 bits per heavy atom. The van der Waals surface area contributed by atoms with Gasteiger partial charge in [-0.2, -0.15) is 0 Å². The number of carbonyl (C=O) groups is 3. The van der Waals surface area contributed by atoms with Crippen molar-refractivity contribution in [1.82, 2.24) is 4.90 Å². The fourth-order valence-electron chi connectivity index (χ4n) is 2.70. The van der Waals surface area contributed by atoms with E-state index in [0.29, 0.717) is 17.7 Å². The Labute approximate surface area is 152 Å². The molecule has 0 aromatic heterocycles. The molecule has 0 aliphatic carbocycles. The highest BCUT2D eigenvalue weighted by Gasteiger charge is 2.37. The lowest BCUT2D eigenvalue weighted by Crippen LogP contribution is -2.32. The van der Waals surface area contributed by atoms with Crippen molar-refractivity contribution < 1.29 is 19.1 Å². The molecule has 1 aliphatic heterocycles. The number of primary amides is 1. The second kappa shape index (κ2) is 7.31. The SMILES string of the molecule is CC(C)(C)OC(=O)c1ccc(C(=O)N2C[C@@H](C=S)[C@H](C(N)=O)C2)cc1. The molecule has 1 aromatic rings. The van der Waals surface area contributed by atoms with Crippen molar-refractivity contribution in [3.63, 3.8) is 0 Å². The van der Waals surface area contributed by atoms with Crippen LogP contribution in [0.4, 0.5) is 0 Å². The summed E-state index contributed by atoms with van der Waals surface area (Å²) in [5, 5.41) is 1.49. The molecule has 0 spiro atoms. The Morgan fingerprint density at radius 1 is 1.16 bits per heavy atom. The van der Waals surface area contributed by atoms with Crippen molar-refractivity contribution >= 4 is 35.4 Å². The molecule has 0 unspecified atom stereocenters. The number of carbonyl (C=O) groups excluding carboxylic acids is 3. The van der Waals surface area contributed by atoms with Crippen LogP contribution >= 0.6 is 12.2 Å². The van der Waals surface area contributed by atoms with E-state index in [0.717, 1.165) is 0 Å². The van der Waals surface area contributed by atoms with Gasteiger partial charge in [0.25, 0.3) is 5.91 Å². The van der Waals surface area contributed by atoms with Gasteiger partial charge in [0.05, 0.1) is 11.5 Å². The molecule has 7 heteroatoms. The second-order valence-corrected chi connectivity index (χ2v) is 7.37. The number of benzene rings is 1. The molecule has 2 amide bonds. The van der Waals surface area contributed by atoms with Crippen LogP contribution in [0.25, 0.3) is 0 Å². The lowest BCUT2D eigenvalue weighted by Gasteiger charge is -2.19. The lowest BCUT2D eigenvalue weighted by molar-refractivity contribution is -0.121. The number of hydrogen-bond acceptors (Lipinski definition) is 5. The summed E-state index contributed by atoms with van der Waals surface area (Å²) in [6.07, 6.45) is 0. The van der Waals surface area contributed by atoms with Gasteiger partial charge >= 0.3 is 5.97 Å². The number of hydrogen-bond donors (Lipinski definition) is 1. The average molecular weight is 362 g/mol. The molecule has 134 valence electrons. The molecule has 0 saturated carbocycles. The van der Waals surface area contributed by atoms with Crippen LogP contribution in [0.2, 0.25) is 0 Å². The van der Waals surface area contributed by atoms with E-state index in [1.807, 2.05) is 0 Å². The van der Waals surface area contributed by atoms with Crippen LogP contribution in [0.3, 0.4) is 0 Å². The van der Waals surface area contributed by atoms with Crippen LogP contribution in [0.1, 0.15) is 41.5 Å². The number of nitrogens with two attached hydrogens (primary N) is 1. The molecule has 1 saturated heterocycles. The second-order valence-electron chi connectivity index (χ2n) is 7.10. The quantitative estimate of drug-likeness (QED) is 0.652. The Kier molecular flexibility index (Phi) is 5.57. The number of esters is 1. The summed E-state index contributed by atoms with van der Waals surface area (Å²) in [6.45, 7) is 5.98. The van der Waals surface area contributed by atoms with E-state index in [4.69, 9.17) is 22.7 Å². The standard InChI is InChI=1S/C18H22N2O4S/c1-18(2,3)24-17(23)12-6-4-11(5-7-12)16(22)20-8-13(10-25)14(9-20)15(19)21/h4-7,10,13-14H,8-9H2,1-3H3,(H2,19,21)/t13-,14+/m0/s1. The number of nitrogens with zero attached hydrogens (tertiary/aromatic N) is 1. The summed E-state index contributed by atoms with van der Waals surface area (Å²) in [5.74, 6) is -1.79. The van der Waals surface area contributed by atoms with Crippen LogP contribution in [0.15, 0.2) is 24.3 Å². The van der Waals surface area contributed by atoms with Gasteiger partial charge in [-0.1, -0.05) is 12.2 Å². The van der Waals surface area contributed by atoms with E-state index in [9.17, 15) is 14.4 Å². The molecule has 2 rings (SSSR count). The summed E-state index contributed by atoms with van der Waals surface area (Å²) < 4.78 is 5.29. The maximum absolute atomic E-state index is 12.6. The van der Waals surface area contributed by atoms with Gasteiger partial charge in [0.1, 0.15) is 5.60 Å². The number of thiocarbonyl (C=S) groups is 1. The van der Waals surface area contributed by atoms with Crippen LogP contribution in [-0.4, -0.2) is 46.7 Å². The first-order valence-corrected chi connectivity index (χ1v) is 8.47. The predicted octanol–water partition coefficient (Wildman–Crippen LogP) is 1.82. The Hall–Kier alpha value is -2.28. The molecule has 2 atom stereocenters. The normalized spacial score (nSPS) is 20.2. The van der Waals surface area contributed by atoms with Gasteiger partial charge in [-0.15, -0.1) is 0 Å². The minimum atomic E-state index is -0.583. The Balaban J connectivity index is 2.10. The number of amides is 2. The number of likely N-dealkylation sites (tertiary alicyclic amines) is 1. The molecule has 0 radical (unpaired) electrons. The van der Waals surface area contributed by atoms with Gasteiger partial charge in [0.2, 0.25) is 5.91 Å². The molecular formula is C18H22N2O4S. The zero-order chi connectivity index (χ0) is 18.8. The molecule has 25 heavy (non-hydrogen) atoms. The third-order valence-corrected chi connectivity index (χ3v) is 4.31. The van der Waals surface area contributed by atoms with E-state index in [1.54, 1.807) is 49.9 Å². The number of ether oxygens (including phenoxy) is 1. The van der Waals surface area contributed by atoms with Gasteiger partial charge < -0.3 is 15.4 Å². The minimum absolute atomic E-state index is 0.211. The first-order valence-electron chi connectivity index (χ1n) is 7.99.